The molecule has 1 aromatic carbocycles. The van der Waals surface area contributed by atoms with E-state index >= 15 is 0 Å². The second kappa shape index (κ2) is 6.99. The highest BCUT2D eigenvalue weighted by Crippen LogP contribution is 2.29. The molecule has 0 bridgehead atoms. The van der Waals surface area contributed by atoms with Crippen LogP contribution in [0.1, 0.15) is 13.3 Å². The number of hydrogen-bond acceptors (Lipinski definition) is 5. The largest absolute Gasteiger partial charge is 0.497 e. The molecule has 8 nitrogen and oxygen atoms in total. The zero-order chi connectivity index (χ0) is 17.0. The van der Waals surface area contributed by atoms with Crippen molar-refractivity contribution in [3.05, 3.63) is 18.2 Å². The number of benzene rings is 1. The third-order valence-electron chi connectivity index (χ3n) is 3.62. The van der Waals surface area contributed by atoms with Gasteiger partial charge in [0.15, 0.2) is 0 Å². The zero-order valence-corrected chi connectivity index (χ0v) is 13.1. The Kier molecular flexibility index (Phi) is 5.05. The molecule has 1 aliphatic heterocycles. The summed E-state index contributed by atoms with van der Waals surface area (Å²) in [7, 11) is 3.01. The number of carbonyl (C=O) groups excluding carboxylic acids is 3. The molecular weight excluding hydrogens is 302 g/mol. The van der Waals surface area contributed by atoms with Crippen LogP contribution in [0.5, 0.6) is 11.5 Å². The van der Waals surface area contributed by atoms with Crippen molar-refractivity contribution < 1.29 is 23.9 Å². The number of nitrogens with one attached hydrogen (secondary N) is 3. The number of carbonyl (C=O) groups is 3. The fourth-order valence-electron chi connectivity index (χ4n) is 2.35. The molecule has 8 heteroatoms. The minimum absolute atomic E-state index is 0.0531. The summed E-state index contributed by atoms with van der Waals surface area (Å²) in [6, 6.07) is 4.03. The number of hydrogen-bond donors (Lipinski definition) is 3. The summed E-state index contributed by atoms with van der Waals surface area (Å²) in [6.07, 6.45) is -0.0531. The Morgan fingerprint density at radius 3 is 2.61 bits per heavy atom. The summed E-state index contributed by atoms with van der Waals surface area (Å²) in [5.41, 5.74) is 0.478. The zero-order valence-electron chi connectivity index (χ0n) is 13.1. The van der Waals surface area contributed by atoms with Gasteiger partial charge in [0.1, 0.15) is 11.5 Å². The number of imide groups is 1. The Bertz CT molecular complexity index is 632. The molecule has 4 amide bonds. The third kappa shape index (κ3) is 3.91. The van der Waals surface area contributed by atoms with E-state index in [4.69, 9.17) is 9.47 Å². The Hall–Kier alpha value is -2.77. The molecule has 0 spiro atoms. The summed E-state index contributed by atoms with van der Waals surface area (Å²) >= 11 is 0. The lowest BCUT2D eigenvalue weighted by atomic mass is 9.94. The maximum absolute atomic E-state index is 12.2. The van der Waals surface area contributed by atoms with Gasteiger partial charge in [0.2, 0.25) is 11.8 Å². The van der Waals surface area contributed by atoms with Gasteiger partial charge in [0.25, 0.3) is 0 Å². The lowest BCUT2D eigenvalue weighted by Gasteiger charge is -2.28. The van der Waals surface area contributed by atoms with Crippen molar-refractivity contribution in [2.24, 2.45) is 5.92 Å². The minimum atomic E-state index is -0.628. The molecule has 2 unspecified atom stereocenters. The quantitative estimate of drug-likeness (QED) is 0.746. The highest BCUT2D eigenvalue weighted by Gasteiger charge is 2.34. The van der Waals surface area contributed by atoms with Crippen molar-refractivity contribution in [2.75, 3.05) is 19.5 Å². The van der Waals surface area contributed by atoms with Gasteiger partial charge in [-0.15, -0.1) is 0 Å². The monoisotopic (exact) mass is 321 g/mol. The summed E-state index contributed by atoms with van der Waals surface area (Å²) in [5, 5.41) is 7.43. The summed E-state index contributed by atoms with van der Waals surface area (Å²) < 4.78 is 10.3. The SMILES string of the molecule is COc1ccc(NC(=O)CC2C(=O)NC(=O)NC2C)c(OC)c1. The molecule has 3 N–H and O–H groups in total. The first kappa shape index (κ1) is 16.6. The lowest BCUT2D eigenvalue weighted by molar-refractivity contribution is -0.129. The number of urea groups is 1. The maximum atomic E-state index is 12.2. The number of amides is 4. The van der Waals surface area contributed by atoms with Crippen LogP contribution in [0.2, 0.25) is 0 Å². The van der Waals surface area contributed by atoms with Crippen molar-refractivity contribution in [1.29, 1.82) is 0 Å². The normalized spacial score (nSPS) is 20.3. The first-order chi connectivity index (χ1) is 10.9. The standard InChI is InChI=1S/C15H19N3O5/c1-8-10(14(20)18-15(21)16-8)7-13(19)17-11-5-4-9(22-2)6-12(11)23-3/h4-6,8,10H,7H2,1-3H3,(H,17,19)(H2,16,18,20,21). The Morgan fingerprint density at radius 1 is 1.26 bits per heavy atom. The van der Waals surface area contributed by atoms with Crippen molar-refractivity contribution in [3.8, 4) is 11.5 Å². The maximum Gasteiger partial charge on any atom is 0.321 e. The predicted octanol–water partition coefficient (Wildman–Crippen LogP) is 0.876. The minimum Gasteiger partial charge on any atom is -0.497 e. The van der Waals surface area contributed by atoms with Gasteiger partial charge >= 0.3 is 6.03 Å². The predicted molar refractivity (Wildman–Crippen MR) is 82.4 cm³/mol. The molecule has 0 aromatic heterocycles. The molecule has 0 saturated carbocycles. The van der Waals surface area contributed by atoms with Gasteiger partial charge in [0, 0.05) is 18.5 Å². The van der Waals surface area contributed by atoms with E-state index in [1.165, 1.54) is 14.2 Å². The smallest absolute Gasteiger partial charge is 0.321 e. The van der Waals surface area contributed by atoms with Crippen molar-refractivity contribution >= 4 is 23.5 Å². The van der Waals surface area contributed by atoms with Crippen LogP contribution in [0.15, 0.2) is 18.2 Å². The number of rotatable bonds is 5. The molecular formula is C15H19N3O5. The molecule has 2 atom stereocenters. The van der Waals surface area contributed by atoms with Crippen LogP contribution < -0.4 is 25.4 Å². The molecule has 2 rings (SSSR count). The average molecular weight is 321 g/mol. The van der Waals surface area contributed by atoms with Crippen LogP contribution >= 0.6 is 0 Å². The van der Waals surface area contributed by atoms with Gasteiger partial charge < -0.3 is 20.1 Å². The van der Waals surface area contributed by atoms with E-state index in [0.717, 1.165) is 0 Å². The highest BCUT2D eigenvalue weighted by atomic mass is 16.5. The summed E-state index contributed by atoms with van der Waals surface area (Å²) in [4.78, 5) is 35.2. The summed E-state index contributed by atoms with van der Waals surface area (Å²) in [5.74, 6) is -0.387. The third-order valence-corrected chi connectivity index (χ3v) is 3.62. The van der Waals surface area contributed by atoms with Crippen molar-refractivity contribution in [2.45, 2.75) is 19.4 Å². The highest BCUT2D eigenvalue weighted by molar-refractivity contribution is 6.01. The van der Waals surface area contributed by atoms with Crippen molar-refractivity contribution in [1.82, 2.24) is 10.6 Å². The Morgan fingerprint density at radius 2 is 2.00 bits per heavy atom. The number of methoxy groups -OCH3 is 2. The number of anilines is 1. The fourth-order valence-corrected chi connectivity index (χ4v) is 2.35. The van der Waals surface area contributed by atoms with Gasteiger partial charge in [-0.2, -0.15) is 0 Å². The molecule has 1 fully saturated rings. The molecule has 1 saturated heterocycles. The van der Waals surface area contributed by atoms with E-state index in [-0.39, 0.29) is 12.3 Å². The van der Waals surface area contributed by atoms with Crippen molar-refractivity contribution in [3.63, 3.8) is 0 Å². The topological polar surface area (TPSA) is 106 Å². The second-order valence-corrected chi connectivity index (χ2v) is 5.18. The number of ether oxygens (including phenoxy) is 2. The first-order valence-electron chi connectivity index (χ1n) is 7.07. The Balaban J connectivity index is 2.05. The molecule has 0 aliphatic carbocycles. The van der Waals surface area contributed by atoms with Crippen LogP contribution in [0.4, 0.5) is 10.5 Å². The molecule has 0 radical (unpaired) electrons. The molecule has 1 heterocycles. The first-order valence-corrected chi connectivity index (χ1v) is 7.07. The van der Waals surface area contributed by atoms with Crippen LogP contribution in [-0.4, -0.2) is 38.1 Å². The van der Waals surface area contributed by atoms with E-state index in [9.17, 15) is 14.4 Å². The second-order valence-electron chi connectivity index (χ2n) is 5.18. The molecule has 1 aliphatic rings. The van der Waals surface area contributed by atoms with Gasteiger partial charge in [0.05, 0.1) is 25.8 Å². The van der Waals surface area contributed by atoms with Crippen LogP contribution in [0.3, 0.4) is 0 Å². The lowest BCUT2D eigenvalue weighted by Crippen LogP contribution is -2.57. The van der Waals surface area contributed by atoms with Crippen LogP contribution in [0.25, 0.3) is 0 Å². The van der Waals surface area contributed by atoms with E-state index in [0.29, 0.717) is 17.2 Å². The van der Waals surface area contributed by atoms with Crippen LogP contribution in [-0.2, 0) is 9.59 Å². The van der Waals surface area contributed by atoms with E-state index < -0.39 is 23.9 Å². The van der Waals surface area contributed by atoms with Gasteiger partial charge in [-0.05, 0) is 19.1 Å². The van der Waals surface area contributed by atoms with E-state index in [1.807, 2.05) is 0 Å². The molecule has 1 aromatic rings. The van der Waals surface area contributed by atoms with Gasteiger partial charge in [-0.3, -0.25) is 14.9 Å². The van der Waals surface area contributed by atoms with Gasteiger partial charge in [-0.25, -0.2) is 4.79 Å². The molecule has 23 heavy (non-hydrogen) atoms. The van der Waals surface area contributed by atoms with E-state index in [2.05, 4.69) is 16.0 Å². The van der Waals surface area contributed by atoms with E-state index in [1.54, 1.807) is 25.1 Å². The van der Waals surface area contributed by atoms with Crippen LogP contribution in [0, 0.1) is 5.92 Å². The molecule has 124 valence electrons. The average Bonchev–Trinajstić information content (AvgIpc) is 2.51. The Labute approximate surface area is 133 Å². The van der Waals surface area contributed by atoms with Gasteiger partial charge in [-0.1, -0.05) is 0 Å². The fraction of sp³-hybridized carbons (Fsp3) is 0.400. The summed E-state index contributed by atoms with van der Waals surface area (Å²) in [6.45, 7) is 1.68.